The summed E-state index contributed by atoms with van der Waals surface area (Å²) in [7, 11) is 0. The summed E-state index contributed by atoms with van der Waals surface area (Å²) in [4.78, 5) is 13.6. The molecule has 0 saturated carbocycles. The van der Waals surface area contributed by atoms with Crippen molar-refractivity contribution in [2.75, 3.05) is 13.1 Å². The first-order chi connectivity index (χ1) is 8.76. The molecule has 6 nitrogen and oxygen atoms in total. The van der Waals surface area contributed by atoms with Crippen LogP contribution in [0.5, 0.6) is 0 Å². The Morgan fingerprint density at radius 3 is 2.58 bits per heavy atom. The highest BCUT2D eigenvalue weighted by molar-refractivity contribution is 5.77. The maximum absolute atomic E-state index is 12.0. The lowest BCUT2D eigenvalue weighted by molar-refractivity contribution is -0.0639. The zero-order valence-corrected chi connectivity index (χ0v) is 12.0. The van der Waals surface area contributed by atoms with Crippen molar-refractivity contribution in [1.82, 2.24) is 4.90 Å². The first kappa shape index (κ1) is 15.5. The van der Waals surface area contributed by atoms with Crippen molar-refractivity contribution in [1.29, 1.82) is 5.41 Å². The number of carbonyl (C=O) groups excluding carboxylic acids is 1. The van der Waals surface area contributed by atoms with Crippen molar-refractivity contribution in [2.24, 2.45) is 5.73 Å². The van der Waals surface area contributed by atoms with Crippen LogP contribution in [0, 0.1) is 5.41 Å². The molecule has 1 aliphatic heterocycles. The molecule has 1 heterocycles. The second-order valence-electron chi connectivity index (χ2n) is 5.63. The average molecular weight is 269 g/mol. The van der Waals surface area contributed by atoms with Crippen molar-refractivity contribution >= 4 is 12.3 Å². The number of amides is 1. The lowest BCUT2D eigenvalue weighted by atomic mass is 10.1. The van der Waals surface area contributed by atoms with E-state index in [0.29, 0.717) is 18.7 Å². The molecule has 1 saturated heterocycles. The number of morpholine rings is 1. The van der Waals surface area contributed by atoms with Crippen LogP contribution in [-0.2, 0) is 9.47 Å². The van der Waals surface area contributed by atoms with Crippen LogP contribution in [0.3, 0.4) is 0 Å². The Hall–Kier alpha value is -1.56. The van der Waals surface area contributed by atoms with Gasteiger partial charge in [0, 0.05) is 18.0 Å². The van der Waals surface area contributed by atoms with Gasteiger partial charge in [0.15, 0.2) is 0 Å². The van der Waals surface area contributed by atoms with Crippen molar-refractivity contribution in [3.8, 4) is 0 Å². The Kier molecular flexibility index (Phi) is 4.94. The predicted octanol–water partition coefficient (Wildman–Crippen LogP) is 1.50. The third-order valence-corrected chi connectivity index (χ3v) is 2.64. The maximum Gasteiger partial charge on any atom is 0.410 e. The van der Waals surface area contributed by atoms with E-state index in [1.54, 1.807) is 4.90 Å². The second kappa shape index (κ2) is 6.06. The topological polar surface area (TPSA) is 88.6 Å². The molecule has 0 aromatic heterocycles. The SMILES string of the molecule is CC1CN(C(=O)OC(C)(C)C)CC(/C(C=N)=C/N)O1. The van der Waals surface area contributed by atoms with Crippen LogP contribution >= 0.6 is 0 Å². The van der Waals surface area contributed by atoms with Crippen molar-refractivity contribution in [2.45, 2.75) is 45.5 Å². The number of ether oxygens (including phenoxy) is 2. The van der Waals surface area contributed by atoms with Crippen molar-refractivity contribution in [3.63, 3.8) is 0 Å². The van der Waals surface area contributed by atoms with Gasteiger partial charge in [-0.2, -0.15) is 0 Å². The molecule has 0 spiro atoms. The third-order valence-electron chi connectivity index (χ3n) is 2.64. The van der Waals surface area contributed by atoms with Crippen molar-refractivity contribution in [3.05, 3.63) is 11.8 Å². The Labute approximate surface area is 114 Å². The zero-order chi connectivity index (χ0) is 14.6. The Morgan fingerprint density at radius 1 is 1.47 bits per heavy atom. The van der Waals surface area contributed by atoms with Crippen LogP contribution < -0.4 is 5.73 Å². The van der Waals surface area contributed by atoms with E-state index in [2.05, 4.69) is 0 Å². The van der Waals surface area contributed by atoms with Crippen LogP contribution in [0.15, 0.2) is 11.8 Å². The summed E-state index contributed by atoms with van der Waals surface area (Å²) in [6.07, 6.45) is 1.62. The number of nitrogens with two attached hydrogens (primary N) is 1. The third kappa shape index (κ3) is 4.55. The van der Waals surface area contributed by atoms with E-state index < -0.39 is 5.60 Å². The summed E-state index contributed by atoms with van der Waals surface area (Å²) in [6.45, 7) is 8.18. The molecule has 108 valence electrons. The van der Waals surface area contributed by atoms with Crippen LogP contribution in [0.25, 0.3) is 0 Å². The molecule has 1 rings (SSSR count). The summed E-state index contributed by atoms with van der Waals surface area (Å²) in [5.41, 5.74) is 5.48. The Balaban J connectivity index is 2.75. The molecule has 0 aromatic carbocycles. The summed E-state index contributed by atoms with van der Waals surface area (Å²) in [5, 5.41) is 7.29. The van der Waals surface area contributed by atoms with E-state index in [-0.39, 0.29) is 18.3 Å². The van der Waals surface area contributed by atoms with Gasteiger partial charge in [-0.15, -0.1) is 0 Å². The van der Waals surface area contributed by atoms with Gasteiger partial charge in [-0.05, 0) is 27.7 Å². The van der Waals surface area contributed by atoms with E-state index in [4.69, 9.17) is 20.6 Å². The number of nitrogens with one attached hydrogen (secondary N) is 1. The highest BCUT2D eigenvalue weighted by Crippen LogP contribution is 2.19. The van der Waals surface area contributed by atoms with Gasteiger partial charge in [0.25, 0.3) is 0 Å². The first-order valence-electron chi connectivity index (χ1n) is 6.32. The van der Waals surface area contributed by atoms with Gasteiger partial charge in [-0.3, -0.25) is 0 Å². The summed E-state index contributed by atoms with van der Waals surface area (Å²) in [6, 6.07) is 0. The molecule has 0 aromatic rings. The smallest absolute Gasteiger partial charge is 0.410 e. The molecule has 2 atom stereocenters. The monoisotopic (exact) mass is 269 g/mol. The van der Waals surface area contributed by atoms with E-state index >= 15 is 0 Å². The molecule has 0 radical (unpaired) electrons. The molecule has 1 aliphatic rings. The molecule has 3 N–H and O–H groups in total. The summed E-state index contributed by atoms with van der Waals surface area (Å²) < 4.78 is 11.0. The molecular formula is C13H23N3O3. The van der Waals surface area contributed by atoms with Crippen molar-refractivity contribution < 1.29 is 14.3 Å². The molecule has 19 heavy (non-hydrogen) atoms. The molecule has 6 heteroatoms. The van der Waals surface area contributed by atoms with E-state index in [9.17, 15) is 4.79 Å². The predicted molar refractivity (Wildman–Crippen MR) is 73.2 cm³/mol. The number of hydrogen-bond acceptors (Lipinski definition) is 5. The molecule has 0 bridgehead atoms. The number of rotatable bonds is 2. The zero-order valence-electron chi connectivity index (χ0n) is 12.0. The molecule has 1 amide bonds. The first-order valence-corrected chi connectivity index (χ1v) is 6.32. The lowest BCUT2D eigenvalue weighted by Gasteiger charge is -2.37. The van der Waals surface area contributed by atoms with Crippen LogP contribution in [0.1, 0.15) is 27.7 Å². The lowest BCUT2D eigenvalue weighted by Crippen LogP contribution is -2.51. The fraction of sp³-hybridized carbons (Fsp3) is 0.692. The largest absolute Gasteiger partial charge is 0.444 e. The Bertz CT molecular complexity index is 374. The second-order valence-corrected chi connectivity index (χ2v) is 5.63. The van der Waals surface area contributed by atoms with Gasteiger partial charge in [0.05, 0.1) is 19.2 Å². The van der Waals surface area contributed by atoms with Gasteiger partial charge >= 0.3 is 6.09 Å². The normalized spacial score (nSPS) is 25.1. The van der Waals surface area contributed by atoms with Gasteiger partial charge in [0.1, 0.15) is 11.7 Å². The summed E-state index contributed by atoms with van der Waals surface area (Å²) >= 11 is 0. The minimum absolute atomic E-state index is 0.124. The van der Waals surface area contributed by atoms with E-state index in [0.717, 1.165) is 6.21 Å². The van der Waals surface area contributed by atoms with Crippen LogP contribution in [0.4, 0.5) is 4.79 Å². The Morgan fingerprint density at radius 2 is 2.11 bits per heavy atom. The minimum Gasteiger partial charge on any atom is -0.444 e. The summed E-state index contributed by atoms with van der Waals surface area (Å²) in [5.74, 6) is 0. The fourth-order valence-electron chi connectivity index (χ4n) is 1.86. The maximum atomic E-state index is 12.0. The van der Waals surface area contributed by atoms with E-state index in [1.165, 1.54) is 6.20 Å². The van der Waals surface area contributed by atoms with Gasteiger partial charge in [-0.1, -0.05) is 0 Å². The average Bonchev–Trinajstić information content (AvgIpc) is 2.27. The quantitative estimate of drug-likeness (QED) is 0.743. The van der Waals surface area contributed by atoms with Gasteiger partial charge in [-0.25, -0.2) is 4.79 Å². The molecular weight excluding hydrogens is 246 g/mol. The highest BCUT2D eigenvalue weighted by atomic mass is 16.6. The molecule has 2 unspecified atom stereocenters. The highest BCUT2D eigenvalue weighted by Gasteiger charge is 2.32. The molecule has 1 fully saturated rings. The number of hydrogen-bond donors (Lipinski definition) is 2. The van der Waals surface area contributed by atoms with E-state index in [1.807, 2.05) is 27.7 Å². The number of carbonyl (C=O) groups is 1. The number of nitrogens with zero attached hydrogens (tertiary/aromatic N) is 1. The van der Waals surface area contributed by atoms with Gasteiger partial charge < -0.3 is 25.5 Å². The van der Waals surface area contributed by atoms with Gasteiger partial charge in [0.2, 0.25) is 0 Å². The molecule has 0 aliphatic carbocycles. The minimum atomic E-state index is -0.526. The fourth-order valence-corrected chi connectivity index (χ4v) is 1.86. The standard InChI is InChI=1S/C13H23N3O3/c1-9-7-16(12(17)19-13(2,3)4)8-11(18-9)10(5-14)6-15/h5-6,9,11,14H,7-8,15H2,1-4H3/b10-6+,14-5?. The van der Waals surface area contributed by atoms with Crippen LogP contribution in [0.2, 0.25) is 0 Å². The van der Waals surface area contributed by atoms with Crippen LogP contribution in [-0.4, -0.2) is 48.1 Å².